The lowest BCUT2D eigenvalue weighted by molar-refractivity contribution is -0.317. The summed E-state index contributed by atoms with van der Waals surface area (Å²) in [5.41, 5.74) is -4.65. The van der Waals surface area contributed by atoms with Crippen LogP contribution in [0.1, 0.15) is 100 Å². The number of esters is 1. The van der Waals surface area contributed by atoms with Crippen LogP contribution in [0.3, 0.4) is 0 Å². The second-order valence-electron chi connectivity index (χ2n) is 19.9. The number of benzene rings is 1. The van der Waals surface area contributed by atoms with E-state index in [9.17, 15) is 35.1 Å². The summed E-state index contributed by atoms with van der Waals surface area (Å²) in [7, 11) is 8.11. The van der Waals surface area contributed by atoms with E-state index in [0.29, 0.717) is 34.4 Å². The summed E-state index contributed by atoms with van der Waals surface area (Å²) in [6.45, 7) is 16.4. The van der Waals surface area contributed by atoms with E-state index >= 15 is 0 Å². The normalized spacial score (nSPS) is 40.6. The lowest BCUT2D eigenvalue weighted by Gasteiger charge is -2.49. The van der Waals surface area contributed by atoms with Crippen molar-refractivity contribution in [1.82, 2.24) is 4.90 Å². The summed E-state index contributed by atoms with van der Waals surface area (Å²) in [6, 6.07) is 4.10. The molecule has 5 rings (SSSR count). The molecule has 2 aromatic rings. The molecule has 2 fully saturated rings. The van der Waals surface area contributed by atoms with Gasteiger partial charge < -0.3 is 77.5 Å². The minimum absolute atomic E-state index is 0.0618. The molecule has 0 amide bonds. The van der Waals surface area contributed by atoms with Crippen molar-refractivity contribution < 1.29 is 77.4 Å². The molecule has 0 radical (unpaired) electrons. The van der Waals surface area contributed by atoms with E-state index in [4.69, 9.17) is 47.0 Å². The Hall–Kier alpha value is -3.40. The standard InChI is InChI=1S/C49H77NO17/c1-16-36-49(10,57)42(53)26(4)40(61-23-30-18-37(51)64-33-20-35(59-14)34(58-13)19-31(30)33)24(2)21-47(8,56)44(67-46-39(52)32(50(11)12)17-25(3)62-46)27(5)41(28(6)45(55)65-36)66-38-22-48(9,60-15)43(54)29(7)63-38/h18-20,25-29,32,36,38-39,41-44,46,52-54,56-57H,16-17,21-23H2,1-15H3/b40-24+/t25-,26+,27?,28-,29+,32+,36-,38?,39-,41+,42-,43+,44-,46?,47-,48-,49-/m1/s1. The van der Waals surface area contributed by atoms with Gasteiger partial charge in [0, 0.05) is 60.9 Å². The highest BCUT2D eigenvalue weighted by Crippen LogP contribution is 2.42. The Morgan fingerprint density at radius 3 is 2.10 bits per heavy atom. The van der Waals surface area contributed by atoms with Crippen LogP contribution in [0, 0.1) is 17.8 Å². The monoisotopic (exact) mass is 952 g/mol. The molecule has 0 spiro atoms. The first kappa shape index (κ1) is 54.5. The van der Waals surface area contributed by atoms with E-state index in [2.05, 4.69) is 0 Å². The molecule has 0 aliphatic carbocycles. The molecule has 67 heavy (non-hydrogen) atoms. The lowest BCUT2D eigenvalue weighted by Crippen LogP contribution is -2.60. The summed E-state index contributed by atoms with van der Waals surface area (Å²) in [5, 5.41) is 60.8. The average Bonchev–Trinajstić information content (AvgIpc) is 3.26. The van der Waals surface area contributed by atoms with E-state index in [1.54, 1.807) is 61.5 Å². The fourth-order valence-corrected chi connectivity index (χ4v) is 10.3. The third kappa shape index (κ3) is 11.6. The largest absolute Gasteiger partial charge is 0.493 e. The molecular weight excluding hydrogens is 875 g/mol. The van der Waals surface area contributed by atoms with Crippen LogP contribution in [0.5, 0.6) is 11.5 Å². The maximum atomic E-state index is 14.5. The van der Waals surface area contributed by atoms with E-state index in [1.807, 2.05) is 25.9 Å². The number of aliphatic hydroxyl groups excluding tert-OH is 3. The van der Waals surface area contributed by atoms with Gasteiger partial charge >= 0.3 is 11.6 Å². The van der Waals surface area contributed by atoms with Crippen LogP contribution in [0.4, 0.5) is 0 Å². The van der Waals surface area contributed by atoms with Gasteiger partial charge in [-0.3, -0.25) is 4.79 Å². The first-order valence-electron chi connectivity index (χ1n) is 23.3. The van der Waals surface area contributed by atoms with Crippen molar-refractivity contribution in [3.05, 3.63) is 45.5 Å². The molecule has 3 aliphatic heterocycles. The molecule has 18 heteroatoms. The van der Waals surface area contributed by atoms with Crippen LogP contribution in [0.15, 0.2) is 38.7 Å². The summed E-state index contributed by atoms with van der Waals surface area (Å²) in [6.07, 6.45) is -10.3. The maximum absolute atomic E-state index is 14.5. The Morgan fingerprint density at radius 1 is 0.866 bits per heavy atom. The van der Waals surface area contributed by atoms with Crippen LogP contribution >= 0.6 is 0 Å². The van der Waals surface area contributed by atoms with Crippen LogP contribution in [0.2, 0.25) is 0 Å². The molecule has 3 aliphatic rings. The second kappa shape index (κ2) is 21.7. The quantitative estimate of drug-likeness (QED) is 0.148. The minimum Gasteiger partial charge on any atom is -0.493 e. The summed E-state index contributed by atoms with van der Waals surface area (Å²) in [5.74, 6) is -2.93. The summed E-state index contributed by atoms with van der Waals surface area (Å²) < 4.78 is 61.1. The fraction of sp³-hybridized carbons (Fsp3) is 0.755. The molecule has 2 saturated heterocycles. The Balaban J connectivity index is 1.69. The van der Waals surface area contributed by atoms with Crippen molar-refractivity contribution in [1.29, 1.82) is 0 Å². The number of nitrogens with zero attached hydrogens (tertiary/aromatic N) is 1. The third-order valence-corrected chi connectivity index (χ3v) is 14.3. The number of rotatable bonds is 12. The molecule has 17 atom stereocenters. The van der Waals surface area contributed by atoms with Crippen molar-refractivity contribution in [2.24, 2.45) is 17.8 Å². The van der Waals surface area contributed by atoms with Gasteiger partial charge in [-0.05, 0) is 87.0 Å². The molecule has 0 bridgehead atoms. The second-order valence-corrected chi connectivity index (χ2v) is 19.9. The molecule has 3 unspecified atom stereocenters. The van der Waals surface area contributed by atoms with Crippen LogP contribution in [0.25, 0.3) is 11.0 Å². The number of carbonyl (C=O) groups is 1. The summed E-state index contributed by atoms with van der Waals surface area (Å²) >= 11 is 0. The number of ether oxygens (including phenoxy) is 9. The molecule has 5 N–H and O–H groups in total. The number of carbonyl (C=O) groups excluding carboxylic acids is 1. The third-order valence-electron chi connectivity index (χ3n) is 14.3. The van der Waals surface area contributed by atoms with Crippen LogP contribution in [-0.4, -0.2) is 156 Å². The first-order chi connectivity index (χ1) is 31.2. The lowest BCUT2D eigenvalue weighted by atomic mass is 9.77. The smallest absolute Gasteiger partial charge is 0.336 e. The number of fused-ring (bicyclic) bond motifs is 1. The molecular formula is C49H77NO17. The Labute approximate surface area is 394 Å². The molecule has 1 aromatic carbocycles. The average molecular weight is 952 g/mol. The number of likely N-dealkylation sites (N-methyl/N-ethyl adjacent to an activating group) is 1. The number of methoxy groups -OCH3 is 3. The number of cyclic esters (lactones) is 1. The van der Waals surface area contributed by atoms with E-state index in [0.717, 1.165) is 0 Å². The fourth-order valence-electron chi connectivity index (χ4n) is 10.3. The number of hydrogen-bond donors (Lipinski definition) is 5. The van der Waals surface area contributed by atoms with Crippen molar-refractivity contribution >= 4 is 16.9 Å². The maximum Gasteiger partial charge on any atom is 0.336 e. The molecule has 18 nitrogen and oxygen atoms in total. The molecule has 1 aromatic heterocycles. The van der Waals surface area contributed by atoms with Crippen molar-refractivity contribution in [3.8, 4) is 11.5 Å². The van der Waals surface area contributed by atoms with Gasteiger partial charge in [0.1, 0.15) is 41.9 Å². The summed E-state index contributed by atoms with van der Waals surface area (Å²) in [4.78, 5) is 29.3. The highest BCUT2D eigenvalue weighted by Gasteiger charge is 2.53. The zero-order chi connectivity index (χ0) is 50.1. The topological polar surface area (TPSA) is 235 Å². The van der Waals surface area contributed by atoms with Gasteiger partial charge in [0.25, 0.3) is 0 Å². The predicted octanol–water partition coefficient (Wildman–Crippen LogP) is 4.19. The highest BCUT2D eigenvalue weighted by molar-refractivity contribution is 5.84. The van der Waals surface area contributed by atoms with Gasteiger partial charge in [0.05, 0.1) is 61.9 Å². The van der Waals surface area contributed by atoms with Gasteiger partial charge in [-0.1, -0.05) is 20.8 Å². The van der Waals surface area contributed by atoms with Gasteiger partial charge in [-0.15, -0.1) is 0 Å². The Kier molecular flexibility index (Phi) is 17.7. The van der Waals surface area contributed by atoms with Crippen molar-refractivity contribution in [3.63, 3.8) is 0 Å². The van der Waals surface area contributed by atoms with Crippen LogP contribution < -0.4 is 15.1 Å². The van der Waals surface area contributed by atoms with E-state index in [1.165, 1.54) is 40.4 Å². The number of aliphatic hydroxyl groups is 5. The first-order valence-corrected chi connectivity index (χ1v) is 23.3. The minimum atomic E-state index is -2.06. The van der Waals surface area contributed by atoms with Gasteiger partial charge in [-0.25, -0.2) is 4.79 Å². The zero-order valence-electron chi connectivity index (χ0n) is 41.9. The molecule has 380 valence electrons. The Bertz CT molecular complexity index is 2090. The van der Waals surface area contributed by atoms with Gasteiger partial charge in [-0.2, -0.15) is 0 Å². The SMILES string of the molecule is CC[C@H]1OC(=O)[C@H](C)[C@@H](OC2C[C@@](C)(OC)[C@@H](O)[C@H](C)O2)C(C)[C@@H](OC2O[C@H](C)C[C@H](N(C)C)[C@H]2O)[C@](C)(O)C/C(C)=C(/OCc2cc(=O)oc3cc(OC)c(OC)cc23)[C@H](C)[C@@H](O)[C@]1(C)O. The number of hydrogen-bond acceptors (Lipinski definition) is 18. The highest BCUT2D eigenvalue weighted by atomic mass is 16.7. The van der Waals surface area contributed by atoms with Crippen molar-refractivity contribution in [2.75, 3.05) is 35.4 Å². The van der Waals surface area contributed by atoms with Crippen molar-refractivity contribution in [2.45, 2.75) is 186 Å². The van der Waals surface area contributed by atoms with Crippen LogP contribution in [-0.2, 0) is 44.6 Å². The zero-order valence-corrected chi connectivity index (χ0v) is 41.9. The van der Waals surface area contributed by atoms with Gasteiger partial charge in [0.2, 0.25) is 0 Å². The van der Waals surface area contributed by atoms with E-state index < -0.39 is 101 Å². The van der Waals surface area contributed by atoms with E-state index in [-0.39, 0.29) is 49.4 Å². The predicted molar refractivity (Wildman–Crippen MR) is 245 cm³/mol. The van der Waals surface area contributed by atoms with Gasteiger partial charge in [0.15, 0.2) is 24.1 Å². The molecule has 0 saturated carbocycles. The molecule has 4 heterocycles. The Morgan fingerprint density at radius 2 is 1.51 bits per heavy atom.